The minimum absolute atomic E-state index is 0.0618. The van der Waals surface area contributed by atoms with E-state index < -0.39 is 11.7 Å². The highest BCUT2D eigenvalue weighted by molar-refractivity contribution is 5.95. The van der Waals surface area contributed by atoms with E-state index in [0.717, 1.165) is 6.07 Å². The number of nitrogens with one attached hydrogen (secondary N) is 1. The largest absolute Gasteiger partial charge is 0.465 e. The van der Waals surface area contributed by atoms with E-state index >= 15 is 0 Å². The fourth-order valence-corrected chi connectivity index (χ4v) is 2.34. The molecule has 0 unspecified atom stereocenters. The zero-order chi connectivity index (χ0) is 19.1. The Balaban J connectivity index is 2.00. The number of hydrogen-bond acceptors (Lipinski definition) is 5. The third kappa shape index (κ3) is 5.40. The van der Waals surface area contributed by atoms with Crippen LogP contribution in [0.2, 0.25) is 0 Å². The van der Waals surface area contributed by atoms with E-state index in [1.807, 2.05) is 20.8 Å². The quantitative estimate of drug-likeness (QED) is 0.728. The van der Waals surface area contributed by atoms with Crippen LogP contribution in [0.4, 0.5) is 4.39 Å². The van der Waals surface area contributed by atoms with Gasteiger partial charge in [-0.15, -0.1) is 0 Å². The van der Waals surface area contributed by atoms with Gasteiger partial charge in [0.25, 0.3) is 5.91 Å². The average molecular weight is 362 g/mol. The molecule has 0 fully saturated rings. The molecular formula is C19H23FN2O4. The number of aryl methyl sites for hydroxylation is 1. The molecule has 0 aliphatic carbocycles. The molecule has 0 saturated heterocycles. The van der Waals surface area contributed by atoms with Crippen LogP contribution in [0.25, 0.3) is 11.1 Å². The van der Waals surface area contributed by atoms with Crippen molar-refractivity contribution in [2.24, 2.45) is 5.92 Å². The summed E-state index contributed by atoms with van der Waals surface area (Å²) in [7, 11) is 0. The lowest BCUT2D eigenvalue weighted by atomic mass is 10.0. The fourth-order valence-electron chi connectivity index (χ4n) is 2.34. The number of ether oxygens (including phenoxy) is 1. The molecule has 0 atom stereocenters. The first-order valence-electron chi connectivity index (χ1n) is 8.59. The molecule has 0 saturated carbocycles. The average Bonchev–Trinajstić information content (AvgIpc) is 3.08. The van der Waals surface area contributed by atoms with Crippen LogP contribution < -0.4 is 5.32 Å². The minimum atomic E-state index is -0.535. The molecule has 0 radical (unpaired) electrons. The normalized spacial score (nSPS) is 10.8. The van der Waals surface area contributed by atoms with Crippen molar-refractivity contribution in [3.63, 3.8) is 0 Å². The van der Waals surface area contributed by atoms with Crippen molar-refractivity contribution in [1.82, 2.24) is 10.5 Å². The monoisotopic (exact) mass is 362 g/mol. The van der Waals surface area contributed by atoms with E-state index in [0.29, 0.717) is 29.9 Å². The third-order valence-electron chi connectivity index (χ3n) is 3.63. The lowest BCUT2D eigenvalue weighted by molar-refractivity contribution is -0.144. The Bertz CT molecular complexity index is 771. The van der Waals surface area contributed by atoms with Gasteiger partial charge in [-0.25, -0.2) is 4.39 Å². The van der Waals surface area contributed by atoms with Crippen LogP contribution in [0.3, 0.4) is 0 Å². The summed E-state index contributed by atoms with van der Waals surface area (Å²) >= 11 is 0. The van der Waals surface area contributed by atoms with Crippen LogP contribution >= 0.6 is 0 Å². The molecule has 140 valence electrons. The topological polar surface area (TPSA) is 81.4 Å². The second-order valence-corrected chi connectivity index (χ2v) is 6.33. The third-order valence-corrected chi connectivity index (χ3v) is 3.63. The van der Waals surface area contributed by atoms with Crippen LogP contribution in [0.15, 0.2) is 28.9 Å². The van der Waals surface area contributed by atoms with Crippen molar-refractivity contribution in [1.29, 1.82) is 0 Å². The zero-order valence-electron chi connectivity index (χ0n) is 15.2. The second-order valence-electron chi connectivity index (χ2n) is 6.33. The van der Waals surface area contributed by atoms with Crippen molar-refractivity contribution in [3.8, 4) is 11.1 Å². The van der Waals surface area contributed by atoms with Gasteiger partial charge in [0.1, 0.15) is 11.6 Å². The summed E-state index contributed by atoms with van der Waals surface area (Å²) in [6, 6.07) is 4.04. The lowest BCUT2D eigenvalue weighted by Gasteiger charge is -2.09. The molecular weight excluding hydrogens is 339 g/mol. The number of nitrogens with zero attached hydrogens (tertiary/aromatic N) is 1. The molecule has 7 heteroatoms. The molecule has 1 amide bonds. The van der Waals surface area contributed by atoms with Crippen LogP contribution in [0.5, 0.6) is 0 Å². The maximum atomic E-state index is 13.9. The Morgan fingerprint density at radius 1 is 1.31 bits per heavy atom. The lowest BCUT2D eigenvalue weighted by Crippen LogP contribution is -2.27. The second kappa shape index (κ2) is 9.12. The maximum absolute atomic E-state index is 13.9. The first-order chi connectivity index (χ1) is 12.4. The molecule has 1 N–H and O–H groups in total. The van der Waals surface area contributed by atoms with Gasteiger partial charge in [-0.05, 0) is 29.7 Å². The van der Waals surface area contributed by atoms with Gasteiger partial charge in [0.15, 0.2) is 0 Å². The van der Waals surface area contributed by atoms with Gasteiger partial charge in [-0.3, -0.25) is 9.59 Å². The molecule has 0 spiro atoms. The number of esters is 1. The first-order valence-corrected chi connectivity index (χ1v) is 8.59. The van der Waals surface area contributed by atoms with Gasteiger partial charge in [0.05, 0.1) is 19.2 Å². The van der Waals surface area contributed by atoms with Gasteiger partial charge < -0.3 is 14.6 Å². The number of carbonyl (C=O) groups is 2. The molecule has 26 heavy (non-hydrogen) atoms. The number of hydrogen-bond donors (Lipinski definition) is 1. The van der Waals surface area contributed by atoms with E-state index in [2.05, 4.69) is 10.5 Å². The summed E-state index contributed by atoms with van der Waals surface area (Å²) in [5.74, 6) is -0.500. The van der Waals surface area contributed by atoms with E-state index in [1.54, 1.807) is 6.07 Å². The number of carbonyl (C=O) groups excluding carboxylic acids is 2. The maximum Gasteiger partial charge on any atom is 0.307 e. The van der Waals surface area contributed by atoms with E-state index in [9.17, 15) is 14.0 Å². The summed E-state index contributed by atoms with van der Waals surface area (Å²) in [6.45, 7) is 6.25. The predicted molar refractivity (Wildman–Crippen MR) is 94.0 cm³/mol. The molecule has 0 aliphatic heterocycles. The molecule has 0 aliphatic rings. The van der Waals surface area contributed by atoms with Crippen molar-refractivity contribution >= 4 is 11.9 Å². The molecule has 1 aromatic heterocycles. The Morgan fingerprint density at radius 3 is 2.77 bits per heavy atom. The van der Waals surface area contributed by atoms with Crippen molar-refractivity contribution < 1.29 is 23.2 Å². The Hall–Kier alpha value is -2.70. The van der Waals surface area contributed by atoms with Crippen molar-refractivity contribution in [3.05, 3.63) is 41.5 Å². The Kier molecular flexibility index (Phi) is 6.89. The smallest absolute Gasteiger partial charge is 0.307 e. The number of rotatable bonds is 8. The van der Waals surface area contributed by atoms with Gasteiger partial charge in [0, 0.05) is 24.1 Å². The van der Waals surface area contributed by atoms with Crippen LogP contribution in [0, 0.1) is 11.7 Å². The molecule has 6 nitrogen and oxygen atoms in total. The van der Waals surface area contributed by atoms with Crippen molar-refractivity contribution in [2.75, 3.05) is 13.2 Å². The van der Waals surface area contributed by atoms with Crippen molar-refractivity contribution in [2.45, 2.75) is 33.6 Å². The summed E-state index contributed by atoms with van der Waals surface area (Å²) < 4.78 is 24.1. The van der Waals surface area contributed by atoms with E-state index in [1.165, 1.54) is 12.3 Å². The Morgan fingerprint density at radius 2 is 2.08 bits per heavy atom. The van der Waals surface area contributed by atoms with E-state index in [-0.39, 0.29) is 30.4 Å². The highest BCUT2D eigenvalue weighted by Crippen LogP contribution is 2.26. The highest BCUT2D eigenvalue weighted by atomic mass is 19.1. The number of benzene rings is 1. The standard InChI is InChI=1S/C19H23FN2O4/c1-4-17-16(10-22-26-17)13-7-14(9-15(20)8-13)19(24)21-6-5-18(23)25-11-12(2)3/h7-10,12H,4-6,11H2,1-3H3,(H,21,24). The zero-order valence-corrected chi connectivity index (χ0v) is 15.2. The van der Waals surface area contributed by atoms with Gasteiger partial charge in [-0.2, -0.15) is 0 Å². The first kappa shape index (κ1) is 19.6. The minimum Gasteiger partial charge on any atom is -0.465 e. The molecule has 1 heterocycles. The summed E-state index contributed by atoms with van der Waals surface area (Å²) in [5.41, 5.74) is 1.33. The summed E-state index contributed by atoms with van der Waals surface area (Å²) in [6.07, 6.45) is 2.16. The Labute approximate surface area is 151 Å². The van der Waals surface area contributed by atoms with Gasteiger partial charge in [0.2, 0.25) is 0 Å². The summed E-state index contributed by atoms with van der Waals surface area (Å²) in [4.78, 5) is 23.8. The van der Waals surface area contributed by atoms with Crippen LogP contribution in [0.1, 0.15) is 43.3 Å². The summed E-state index contributed by atoms with van der Waals surface area (Å²) in [5, 5.41) is 6.32. The van der Waals surface area contributed by atoms with Gasteiger partial charge in [-0.1, -0.05) is 25.9 Å². The molecule has 0 bridgehead atoms. The van der Waals surface area contributed by atoms with Crippen LogP contribution in [-0.2, 0) is 16.0 Å². The van der Waals surface area contributed by atoms with E-state index in [4.69, 9.17) is 9.26 Å². The number of aromatic nitrogens is 1. The number of halogens is 1. The van der Waals surface area contributed by atoms with Gasteiger partial charge >= 0.3 is 5.97 Å². The molecule has 1 aromatic carbocycles. The molecule has 2 rings (SSSR count). The predicted octanol–water partition coefficient (Wildman–Crippen LogP) is 3.36. The number of amides is 1. The molecule has 2 aromatic rings. The highest BCUT2D eigenvalue weighted by Gasteiger charge is 2.14. The fraction of sp³-hybridized carbons (Fsp3) is 0.421. The SMILES string of the molecule is CCc1oncc1-c1cc(F)cc(C(=O)NCCC(=O)OCC(C)C)c1. The van der Waals surface area contributed by atoms with Crippen LogP contribution in [-0.4, -0.2) is 30.2 Å².